The number of para-hydroxylation sites is 1. The highest BCUT2D eigenvalue weighted by molar-refractivity contribution is 7.15. The van der Waals surface area contributed by atoms with Crippen LogP contribution in [0.25, 0.3) is 0 Å². The molecule has 0 fully saturated rings. The Kier molecular flexibility index (Phi) is 4.66. The molecule has 1 aromatic heterocycles. The molecule has 2 aromatic rings. The van der Waals surface area contributed by atoms with Crippen LogP contribution in [-0.2, 0) is 12.8 Å². The molecule has 0 radical (unpaired) electrons. The number of hydrogen-bond donors (Lipinski definition) is 1. The third-order valence-corrected chi connectivity index (χ3v) is 4.98. The number of hydrogen-bond acceptors (Lipinski definition) is 5. The predicted octanol–water partition coefficient (Wildman–Crippen LogP) is 3.96. The second kappa shape index (κ2) is 6.87. The molecule has 0 atom stereocenters. The van der Waals surface area contributed by atoms with Gasteiger partial charge in [-0.15, -0.1) is 11.3 Å². The minimum Gasteiger partial charge on any atom is -0.298 e. The van der Waals surface area contributed by atoms with Gasteiger partial charge in [-0.25, -0.2) is 4.98 Å². The molecule has 0 saturated heterocycles. The van der Waals surface area contributed by atoms with Crippen molar-refractivity contribution in [3.05, 3.63) is 50.5 Å². The van der Waals surface area contributed by atoms with Crippen molar-refractivity contribution in [2.75, 3.05) is 5.32 Å². The SMILES string of the molecule is O=C(Nc1nc2c(s1)CCCCCC2)c1ccccc1[N+](=O)[O-]. The Hall–Kier alpha value is -2.28. The number of aromatic nitrogens is 1. The van der Waals surface area contributed by atoms with Gasteiger partial charge in [0.15, 0.2) is 5.13 Å². The fourth-order valence-electron chi connectivity index (χ4n) is 2.75. The Morgan fingerprint density at radius 3 is 2.70 bits per heavy atom. The number of benzene rings is 1. The minimum atomic E-state index is -0.546. The lowest BCUT2D eigenvalue weighted by Gasteiger charge is -2.06. The molecule has 1 aromatic carbocycles. The largest absolute Gasteiger partial charge is 0.298 e. The van der Waals surface area contributed by atoms with Crippen molar-refractivity contribution in [3.8, 4) is 0 Å². The summed E-state index contributed by atoms with van der Waals surface area (Å²) >= 11 is 1.48. The summed E-state index contributed by atoms with van der Waals surface area (Å²) in [7, 11) is 0. The molecule has 1 amide bonds. The van der Waals surface area contributed by atoms with Gasteiger partial charge in [0, 0.05) is 10.9 Å². The van der Waals surface area contributed by atoms with Crippen LogP contribution in [0.2, 0.25) is 0 Å². The summed E-state index contributed by atoms with van der Waals surface area (Å²) in [4.78, 5) is 28.6. The van der Waals surface area contributed by atoms with Gasteiger partial charge < -0.3 is 0 Å². The van der Waals surface area contributed by atoms with Gasteiger partial charge in [-0.2, -0.15) is 0 Å². The van der Waals surface area contributed by atoms with Gasteiger partial charge in [0.2, 0.25) is 0 Å². The Labute approximate surface area is 137 Å². The summed E-state index contributed by atoms with van der Waals surface area (Å²) in [5, 5.41) is 14.3. The van der Waals surface area contributed by atoms with E-state index in [1.165, 1.54) is 41.2 Å². The molecule has 0 saturated carbocycles. The average molecular weight is 331 g/mol. The van der Waals surface area contributed by atoms with Crippen molar-refractivity contribution >= 4 is 28.1 Å². The van der Waals surface area contributed by atoms with Crippen molar-refractivity contribution in [2.45, 2.75) is 38.5 Å². The van der Waals surface area contributed by atoms with E-state index in [2.05, 4.69) is 10.3 Å². The van der Waals surface area contributed by atoms with Crippen LogP contribution in [0.1, 0.15) is 46.6 Å². The van der Waals surface area contributed by atoms with E-state index in [-0.39, 0.29) is 11.3 Å². The van der Waals surface area contributed by atoms with Crippen LogP contribution in [0.3, 0.4) is 0 Å². The lowest BCUT2D eigenvalue weighted by atomic mass is 10.0. The highest BCUT2D eigenvalue weighted by Crippen LogP contribution is 2.29. The number of thiazole rings is 1. The van der Waals surface area contributed by atoms with Gasteiger partial charge in [-0.05, 0) is 31.7 Å². The molecule has 6 nitrogen and oxygen atoms in total. The fourth-order valence-corrected chi connectivity index (χ4v) is 3.79. The molecule has 1 heterocycles. The number of carbonyl (C=O) groups excluding carboxylic acids is 1. The molecule has 23 heavy (non-hydrogen) atoms. The lowest BCUT2D eigenvalue weighted by Crippen LogP contribution is -2.13. The van der Waals surface area contributed by atoms with Crippen LogP contribution in [0.5, 0.6) is 0 Å². The summed E-state index contributed by atoms with van der Waals surface area (Å²) in [6.45, 7) is 0. The van der Waals surface area contributed by atoms with Crippen LogP contribution >= 0.6 is 11.3 Å². The Morgan fingerprint density at radius 1 is 1.17 bits per heavy atom. The quantitative estimate of drug-likeness (QED) is 0.681. The minimum absolute atomic E-state index is 0.0557. The van der Waals surface area contributed by atoms with E-state index in [1.54, 1.807) is 12.1 Å². The Morgan fingerprint density at radius 2 is 1.91 bits per heavy atom. The Bertz CT molecular complexity index is 716. The second-order valence-corrected chi connectivity index (χ2v) is 6.62. The summed E-state index contributed by atoms with van der Waals surface area (Å²) in [6.07, 6.45) is 6.65. The summed E-state index contributed by atoms with van der Waals surface area (Å²) in [6, 6.07) is 5.94. The number of nitro groups is 1. The van der Waals surface area contributed by atoms with E-state index < -0.39 is 10.8 Å². The standard InChI is InChI=1S/C16H17N3O3S/c20-15(11-7-5-6-9-13(11)19(21)22)18-16-17-12-8-3-1-2-4-10-14(12)23-16/h5-7,9H,1-4,8,10H2,(H,17,18,20). The number of anilines is 1. The third-order valence-electron chi connectivity index (χ3n) is 3.91. The molecule has 0 unspecified atom stereocenters. The number of fused-ring (bicyclic) bond motifs is 1. The van der Waals surface area contributed by atoms with Gasteiger partial charge in [0.1, 0.15) is 5.56 Å². The van der Waals surface area contributed by atoms with Crippen LogP contribution in [0, 0.1) is 10.1 Å². The van der Waals surface area contributed by atoms with Gasteiger partial charge in [0.25, 0.3) is 11.6 Å². The number of nitro benzene ring substituents is 1. The van der Waals surface area contributed by atoms with E-state index in [0.29, 0.717) is 5.13 Å². The second-order valence-electron chi connectivity index (χ2n) is 5.53. The zero-order valence-corrected chi connectivity index (χ0v) is 13.4. The first-order valence-electron chi connectivity index (χ1n) is 7.68. The van der Waals surface area contributed by atoms with Crippen LogP contribution in [0.4, 0.5) is 10.8 Å². The number of carbonyl (C=O) groups is 1. The summed E-state index contributed by atoms with van der Waals surface area (Å²) < 4.78 is 0. The van der Waals surface area contributed by atoms with Crippen LogP contribution < -0.4 is 5.32 Å². The Balaban J connectivity index is 1.81. The predicted molar refractivity (Wildman–Crippen MR) is 89.0 cm³/mol. The molecular formula is C16H17N3O3S. The molecule has 0 bridgehead atoms. The number of amides is 1. The van der Waals surface area contributed by atoms with E-state index in [4.69, 9.17) is 0 Å². The lowest BCUT2D eigenvalue weighted by molar-refractivity contribution is -0.385. The normalized spacial score (nSPS) is 14.4. The molecule has 7 heteroatoms. The maximum atomic E-state index is 12.3. The van der Waals surface area contributed by atoms with E-state index in [0.717, 1.165) is 31.4 Å². The average Bonchev–Trinajstić information content (AvgIpc) is 2.88. The maximum absolute atomic E-state index is 12.3. The first-order chi connectivity index (χ1) is 11.1. The van der Waals surface area contributed by atoms with E-state index in [1.807, 2.05) is 0 Å². The smallest absolute Gasteiger partial charge is 0.282 e. The number of nitrogens with zero attached hydrogens (tertiary/aromatic N) is 2. The molecule has 120 valence electrons. The van der Waals surface area contributed by atoms with Crippen molar-refractivity contribution in [1.82, 2.24) is 4.98 Å². The van der Waals surface area contributed by atoms with Gasteiger partial charge in [-0.1, -0.05) is 25.0 Å². The maximum Gasteiger partial charge on any atom is 0.282 e. The number of aryl methyl sites for hydroxylation is 2. The summed E-state index contributed by atoms with van der Waals surface area (Å²) in [5.41, 5.74) is 0.924. The first-order valence-corrected chi connectivity index (χ1v) is 8.50. The highest BCUT2D eigenvalue weighted by atomic mass is 32.1. The van der Waals surface area contributed by atoms with E-state index >= 15 is 0 Å². The van der Waals surface area contributed by atoms with Gasteiger partial charge >= 0.3 is 0 Å². The topological polar surface area (TPSA) is 85.1 Å². The van der Waals surface area contributed by atoms with Gasteiger partial charge in [0.05, 0.1) is 10.6 Å². The highest BCUT2D eigenvalue weighted by Gasteiger charge is 2.21. The number of nitrogens with one attached hydrogen (secondary N) is 1. The molecule has 0 spiro atoms. The van der Waals surface area contributed by atoms with Crippen molar-refractivity contribution in [3.63, 3.8) is 0 Å². The van der Waals surface area contributed by atoms with E-state index in [9.17, 15) is 14.9 Å². The zero-order valence-electron chi connectivity index (χ0n) is 12.6. The third kappa shape index (κ3) is 3.56. The summed E-state index contributed by atoms with van der Waals surface area (Å²) in [5.74, 6) is -0.487. The monoisotopic (exact) mass is 331 g/mol. The number of rotatable bonds is 3. The van der Waals surface area contributed by atoms with Crippen molar-refractivity contribution in [1.29, 1.82) is 0 Å². The zero-order chi connectivity index (χ0) is 16.2. The molecular weight excluding hydrogens is 314 g/mol. The van der Waals surface area contributed by atoms with Crippen molar-refractivity contribution < 1.29 is 9.72 Å². The van der Waals surface area contributed by atoms with Gasteiger partial charge in [-0.3, -0.25) is 20.2 Å². The molecule has 1 aliphatic carbocycles. The van der Waals surface area contributed by atoms with Crippen molar-refractivity contribution in [2.24, 2.45) is 0 Å². The first kappa shape index (κ1) is 15.6. The fraction of sp³-hybridized carbons (Fsp3) is 0.375. The molecule has 1 N–H and O–H groups in total. The molecule has 3 rings (SSSR count). The van der Waals surface area contributed by atoms with Crippen LogP contribution in [-0.4, -0.2) is 15.8 Å². The van der Waals surface area contributed by atoms with Crippen LogP contribution in [0.15, 0.2) is 24.3 Å². The molecule has 0 aliphatic heterocycles. The molecule has 1 aliphatic rings.